The van der Waals surface area contributed by atoms with Gasteiger partial charge < -0.3 is 19.8 Å². The normalized spacial score (nSPS) is 14.9. The summed E-state index contributed by atoms with van der Waals surface area (Å²) in [6.07, 6.45) is 1.74. The van der Waals surface area contributed by atoms with E-state index in [4.69, 9.17) is 0 Å². The van der Waals surface area contributed by atoms with E-state index in [0.29, 0.717) is 43.4 Å². The predicted molar refractivity (Wildman–Crippen MR) is 103 cm³/mol. The van der Waals surface area contributed by atoms with Crippen molar-refractivity contribution in [2.75, 3.05) is 26.2 Å². The van der Waals surface area contributed by atoms with Gasteiger partial charge in [0, 0.05) is 43.9 Å². The summed E-state index contributed by atoms with van der Waals surface area (Å²) in [7, 11) is 0. The molecule has 7 nitrogen and oxygen atoms in total. The molecule has 1 saturated heterocycles. The molecule has 0 bridgehead atoms. The van der Waals surface area contributed by atoms with E-state index in [1.807, 2.05) is 24.3 Å². The van der Waals surface area contributed by atoms with Crippen molar-refractivity contribution in [1.29, 1.82) is 0 Å². The zero-order valence-corrected chi connectivity index (χ0v) is 15.5. The van der Waals surface area contributed by atoms with Crippen molar-refractivity contribution in [3.63, 3.8) is 0 Å². The highest BCUT2D eigenvalue weighted by atomic mass is 16.2. The molecule has 0 radical (unpaired) electrons. The molecule has 0 atom stereocenters. The molecule has 0 saturated carbocycles. The highest BCUT2D eigenvalue weighted by molar-refractivity contribution is 5.98. The summed E-state index contributed by atoms with van der Waals surface area (Å²) in [4.78, 5) is 39.6. The number of H-pyrrole nitrogens is 2. The van der Waals surface area contributed by atoms with Gasteiger partial charge in [0.2, 0.25) is 0 Å². The number of rotatable bonds is 3. The van der Waals surface area contributed by atoms with Crippen LogP contribution in [0.4, 0.5) is 0 Å². The van der Waals surface area contributed by atoms with Crippen LogP contribution in [0, 0.1) is 0 Å². The lowest BCUT2D eigenvalue weighted by Crippen LogP contribution is -2.50. The Morgan fingerprint density at radius 2 is 1.74 bits per heavy atom. The van der Waals surface area contributed by atoms with Crippen molar-refractivity contribution < 1.29 is 9.59 Å². The highest BCUT2D eigenvalue weighted by Gasteiger charge is 2.26. The lowest BCUT2D eigenvalue weighted by Gasteiger charge is -2.34. The molecule has 27 heavy (non-hydrogen) atoms. The SMILES string of the molecule is CC(C)c1nc2ccc(C(=O)N3CCN(C(=O)c4ccc[nH]4)CC3)cc2[nH]1. The van der Waals surface area contributed by atoms with Crippen LogP contribution in [0.25, 0.3) is 11.0 Å². The van der Waals surface area contributed by atoms with Gasteiger partial charge in [0.25, 0.3) is 11.8 Å². The zero-order chi connectivity index (χ0) is 19.0. The third-order valence-electron chi connectivity index (χ3n) is 4.98. The van der Waals surface area contributed by atoms with E-state index in [1.54, 1.807) is 22.1 Å². The summed E-state index contributed by atoms with van der Waals surface area (Å²) in [6, 6.07) is 9.16. The number of carbonyl (C=O) groups is 2. The second-order valence-electron chi connectivity index (χ2n) is 7.18. The average molecular weight is 365 g/mol. The van der Waals surface area contributed by atoms with E-state index in [2.05, 4.69) is 28.8 Å². The molecule has 3 heterocycles. The fourth-order valence-electron chi connectivity index (χ4n) is 3.36. The number of carbonyl (C=O) groups excluding carboxylic acids is 2. The first-order chi connectivity index (χ1) is 13.0. The van der Waals surface area contributed by atoms with Crippen LogP contribution in [-0.2, 0) is 0 Å². The molecular formula is C20H23N5O2. The van der Waals surface area contributed by atoms with Crippen LogP contribution in [0.5, 0.6) is 0 Å². The number of piperazine rings is 1. The van der Waals surface area contributed by atoms with Crippen LogP contribution in [0.3, 0.4) is 0 Å². The van der Waals surface area contributed by atoms with Crippen molar-refractivity contribution in [2.24, 2.45) is 0 Å². The summed E-state index contributed by atoms with van der Waals surface area (Å²) in [5, 5.41) is 0. The van der Waals surface area contributed by atoms with Gasteiger partial charge in [-0.3, -0.25) is 9.59 Å². The number of aromatic nitrogens is 3. The standard InChI is InChI=1S/C20H23N5O2/c1-13(2)18-22-15-6-5-14(12-17(15)23-18)19(26)24-8-10-25(11-9-24)20(27)16-4-3-7-21-16/h3-7,12-13,21H,8-11H2,1-2H3,(H,22,23). The van der Waals surface area contributed by atoms with Crippen LogP contribution in [-0.4, -0.2) is 62.7 Å². The van der Waals surface area contributed by atoms with Gasteiger partial charge in [0.1, 0.15) is 11.5 Å². The first-order valence-corrected chi connectivity index (χ1v) is 9.24. The molecule has 1 aromatic carbocycles. The van der Waals surface area contributed by atoms with Crippen LogP contribution >= 0.6 is 0 Å². The number of hydrogen-bond donors (Lipinski definition) is 2. The highest BCUT2D eigenvalue weighted by Crippen LogP contribution is 2.20. The van der Waals surface area contributed by atoms with Crippen molar-refractivity contribution in [2.45, 2.75) is 19.8 Å². The molecule has 3 aromatic rings. The number of nitrogens with one attached hydrogen (secondary N) is 2. The maximum atomic E-state index is 12.9. The van der Waals surface area contributed by atoms with Gasteiger partial charge in [-0.25, -0.2) is 4.98 Å². The number of fused-ring (bicyclic) bond motifs is 1. The zero-order valence-electron chi connectivity index (χ0n) is 15.5. The number of aromatic amines is 2. The molecule has 0 spiro atoms. The van der Waals surface area contributed by atoms with Gasteiger partial charge in [-0.2, -0.15) is 0 Å². The van der Waals surface area contributed by atoms with Gasteiger partial charge in [0.15, 0.2) is 0 Å². The lowest BCUT2D eigenvalue weighted by molar-refractivity contribution is 0.0533. The van der Waals surface area contributed by atoms with E-state index < -0.39 is 0 Å². The summed E-state index contributed by atoms with van der Waals surface area (Å²) in [5.74, 6) is 1.20. The topological polar surface area (TPSA) is 85.1 Å². The monoisotopic (exact) mass is 365 g/mol. The number of nitrogens with zero attached hydrogens (tertiary/aromatic N) is 3. The smallest absolute Gasteiger partial charge is 0.270 e. The molecule has 4 rings (SSSR count). The summed E-state index contributed by atoms with van der Waals surface area (Å²) >= 11 is 0. The van der Waals surface area contributed by atoms with Crippen LogP contribution in [0.15, 0.2) is 36.5 Å². The predicted octanol–water partition coefficient (Wildman–Crippen LogP) is 2.61. The fourth-order valence-corrected chi connectivity index (χ4v) is 3.36. The quantitative estimate of drug-likeness (QED) is 0.748. The van der Waals surface area contributed by atoms with Crippen molar-refractivity contribution in [3.8, 4) is 0 Å². The van der Waals surface area contributed by atoms with E-state index in [1.165, 1.54) is 0 Å². The van der Waals surface area contributed by atoms with E-state index in [-0.39, 0.29) is 11.8 Å². The molecule has 1 aliphatic rings. The van der Waals surface area contributed by atoms with Crippen molar-refractivity contribution in [1.82, 2.24) is 24.8 Å². The molecular weight excluding hydrogens is 342 g/mol. The molecule has 1 aliphatic heterocycles. The Kier molecular flexibility index (Phi) is 4.43. The second-order valence-corrected chi connectivity index (χ2v) is 7.18. The molecule has 0 aliphatic carbocycles. The minimum Gasteiger partial charge on any atom is -0.357 e. The largest absolute Gasteiger partial charge is 0.357 e. The summed E-state index contributed by atoms with van der Waals surface area (Å²) in [6.45, 7) is 6.30. The van der Waals surface area contributed by atoms with Crippen molar-refractivity contribution >= 4 is 22.8 Å². The van der Waals surface area contributed by atoms with Gasteiger partial charge in [-0.1, -0.05) is 13.8 Å². The number of amides is 2. The Hall–Kier alpha value is -3.09. The van der Waals surface area contributed by atoms with Crippen molar-refractivity contribution in [3.05, 3.63) is 53.6 Å². The Labute approximate surface area is 157 Å². The van der Waals surface area contributed by atoms with Crippen LogP contribution in [0.2, 0.25) is 0 Å². The maximum Gasteiger partial charge on any atom is 0.270 e. The van der Waals surface area contributed by atoms with Crippen LogP contribution in [0.1, 0.15) is 46.4 Å². The third-order valence-corrected chi connectivity index (χ3v) is 4.98. The second kappa shape index (κ2) is 6.90. The molecule has 2 aromatic heterocycles. The van der Waals surface area contributed by atoms with Gasteiger partial charge >= 0.3 is 0 Å². The van der Waals surface area contributed by atoms with E-state index >= 15 is 0 Å². The molecule has 2 N–H and O–H groups in total. The fraction of sp³-hybridized carbons (Fsp3) is 0.350. The molecule has 140 valence electrons. The molecule has 0 unspecified atom stereocenters. The Balaban J connectivity index is 1.44. The Morgan fingerprint density at radius 1 is 1.04 bits per heavy atom. The molecule has 2 amide bonds. The Morgan fingerprint density at radius 3 is 2.37 bits per heavy atom. The van der Waals surface area contributed by atoms with Gasteiger partial charge in [-0.05, 0) is 30.3 Å². The van der Waals surface area contributed by atoms with Crippen LogP contribution < -0.4 is 0 Å². The molecule has 1 fully saturated rings. The first kappa shape index (κ1) is 17.3. The Bertz CT molecular complexity index is 966. The lowest BCUT2D eigenvalue weighted by atomic mass is 10.1. The average Bonchev–Trinajstić information content (AvgIpc) is 3.36. The molecule has 7 heteroatoms. The van der Waals surface area contributed by atoms with Gasteiger partial charge in [0.05, 0.1) is 11.0 Å². The van der Waals surface area contributed by atoms with E-state index in [0.717, 1.165) is 16.9 Å². The number of imidazole rings is 1. The third kappa shape index (κ3) is 3.32. The summed E-state index contributed by atoms with van der Waals surface area (Å²) in [5.41, 5.74) is 2.98. The minimum atomic E-state index is -0.0211. The summed E-state index contributed by atoms with van der Waals surface area (Å²) < 4.78 is 0. The maximum absolute atomic E-state index is 12.9. The van der Waals surface area contributed by atoms with Gasteiger partial charge in [-0.15, -0.1) is 0 Å². The first-order valence-electron chi connectivity index (χ1n) is 9.24. The minimum absolute atomic E-state index is 0.00966. The van der Waals surface area contributed by atoms with E-state index in [9.17, 15) is 9.59 Å². The number of benzene rings is 1. The number of hydrogen-bond acceptors (Lipinski definition) is 3.